The average Bonchev–Trinajstić information content (AvgIpc) is 2.39. The van der Waals surface area contributed by atoms with Crippen molar-refractivity contribution < 1.29 is 24.2 Å². The summed E-state index contributed by atoms with van der Waals surface area (Å²) >= 11 is 0. The molecule has 0 spiro atoms. The molecule has 0 bridgehead atoms. The van der Waals surface area contributed by atoms with E-state index in [0.717, 1.165) is 0 Å². The molecule has 4 N–H and O–H groups in total. The molecule has 2 atom stereocenters. The SMILES string of the molecule is COC(=O)CC[C@@H](NC(=O)CCC(C)CN)C(=O)O. The monoisotopic (exact) mass is 274 g/mol. The van der Waals surface area contributed by atoms with Crippen LogP contribution in [-0.2, 0) is 19.1 Å². The summed E-state index contributed by atoms with van der Waals surface area (Å²) in [5, 5.41) is 11.3. The van der Waals surface area contributed by atoms with Crippen LogP contribution in [0.3, 0.4) is 0 Å². The average molecular weight is 274 g/mol. The maximum absolute atomic E-state index is 11.6. The maximum atomic E-state index is 11.6. The number of hydrogen-bond donors (Lipinski definition) is 3. The summed E-state index contributed by atoms with van der Waals surface area (Å²) in [7, 11) is 1.23. The highest BCUT2D eigenvalue weighted by Crippen LogP contribution is 2.05. The van der Waals surface area contributed by atoms with Crippen LogP contribution >= 0.6 is 0 Å². The number of rotatable bonds is 9. The highest BCUT2D eigenvalue weighted by atomic mass is 16.5. The van der Waals surface area contributed by atoms with Crippen molar-refractivity contribution in [2.45, 2.75) is 38.6 Å². The van der Waals surface area contributed by atoms with Gasteiger partial charge >= 0.3 is 11.9 Å². The first-order valence-corrected chi connectivity index (χ1v) is 6.19. The molecular formula is C12H22N2O5. The second-order valence-electron chi connectivity index (χ2n) is 4.45. The summed E-state index contributed by atoms with van der Waals surface area (Å²) in [5.41, 5.74) is 5.43. The Hall–Kier alpha value is -1.63. The molecule has 0 radical (unpaired) electrons. The molecule has 1 amide bonds. The minimum Gasteiger partial charge on any atom is -0.480 e. The molecule has 0 heterocycles. The quantitative estimate of drug-likeness (QED) is 0.504. The summed E-state index contributed by atoms with van der Waals surface area (Å²) in [6.45, 7) is 2.40. The van der Waals surface area contributed by atoms with Gasteiger partial charge in [0.05, 0.1) is 7.11 Å². The molecule has 0 aromatic rings. The fourth-order valence-electron chi connectivity index (χ4n) is 1.38. The van der Waals surface area contributed by atoms with Crippen LogP contribution in [-0.4, -0.2) is 42.6 Å². The number of carboxylic acid groups (broad SMARTS) is 1. The summed E-state index contributed by atoms with van der Waals surface area (Å²) < 4.78 is 4.42. The fraction of sp³-hybridized carbons (Fsp3) is 0.750. The van der Waals surface area contributed by atoms with Crippen molar-refractivity contribution in [1.29, 1.82) is 0 Å². The molecule has 0 aliphatic carbocycles. The van der Waals surface area contributed by atoms with Crippen LogP contribution in [0.25, 0.3) is 0 Å². The molecule has 110 valence electrons. The number of ether oxygens (including phenoxy) is 1. The number of carbonyl (C=O) groups excluding carboxylic acids is 2. The Kier molecular flexibility index (Phi) is 8.52. The fourth-order valence-corrected chi connectivity index (χ4v) is 1.38. The lowest BCUT2D eigenvalue weighted by Crippen LogP contribution is -2.41. The van der Waals surface area contributed by atoms with Gasteiger partial charge in [-0.2, -0.15) is 0 Å². The number of nitrogens with one attached hydrogen (secondary N) is 1. The van der Waals surface area contributed by atoms with Crippen molar-refractivity contribution >= 4 is 17.8 Å². The molecule has 0 rings (SSSR count). The number of carbonyl (C=O) groups is 3. The summed E-state index contributed by atoms with van der Waals surface area (Å²) in [4.78, 5) is 33.4. The van der Waals surface area contributed by atoms with Crippen LogP contribution in [0.2, 0.25) is 0 Å². The first-order valence-electron chi connectivity index (χ1n) is 6.19. The van der Waals surface area contributed by atoms with Gasteiger partial charge in [-0.25, -0.2) is 4.79 Å². The molecule has 0 aliphatic rings. The maximum Gasteiger partial charge on any atom is 0.326 e. The Morgan fingerprint density at radius 3 is 2.37 bits per heavy atom. The van der Waals surface area contributed by atoms with E-state index < -0.39 is 18.0 Å². The molecule has 0 saturated heterocycles. The van der Waals surface area contributed by atoms with Crippen LogP contribution in [0.5, 0.6) is 0 Å². The molecule has 0 fully saturated rings. The van der Waals surface area contributed by atoms with E-state index in [2.05, 4.69) is 10.1 Å². The first-order chi connectivity index (χ1) is 8.90. The Balaban J connectivity index is 4.15. The van der Waals surface area contributed by atoms with Gasteiger partial charge in [0.2, 0.25) is 5.91 Å². The predicted molar refractivity (Wildman–Crippen MR) is 68.3 cm³/mol. The van der Waals surface area contributed by atoms with E-state index in [1.165, 1.54) is 7.11 Å². The topological polar surface area (TPSA) is 119 Å². The Morgan fingerprint density at radius 1 is 1.26 bits per heavy atom. The molecule has 0 saturated carbocycles. The van der Waals surface area contributed by atoms with Gasteiger partial charge < -0.3 is 20.9 Å². The zero-order valence-corrected chi connectivity index (χ0v) is 11.3. The third-order valence-corrected chi connectivity index (χ3v) is 2.76. The first kappa shape index (κ1) is 17.4. The number of carboxylic acids is 1. The third kappa shape index (κ3) is 8.15. The van der Waals surface area contributed by atoms with Crippen molar-refractivity contribution in [1.82, 2.24) is 5.32 Å². The van der Waals surface area contributed by atoms with Gasteiger partial charge in [-0.3, -0.25) is 9.59 Å². The van der Waals surface area contributed by atoms with Crippen LogP contribution in [0, 0.1) is 5.92 Å². The molecular weight excluding hydrogens is 252 g/mol. The normalized spacial score (nSPS) is 13.4. The molecule has 7 nitrogen and oxygen atoms in total. The molecule has 7 heteroatoms. The van der Waals surface area contributed by atoms with E-state index in [-0.39, 0.29) is 31.1 Å². The third-order valence-electron chi connectivity index (χ3n) is 2.76. The largest absolute Gasteiger partial charge is 0.480 e. The number of nitrogens with two attached hydrogens (primary N) is 1. The molecule has 0 aliphatic heterocycles. The van der Waals surface area contributed by atoms with Crippen molar-refractivity contribution in [3.05, 3.63) is 0 Å². The standard InChI is InChI=1S/C12H22N2O5/c1-8(7-13)3-5-10(15)14-9(12(17)18)4-6-11(16)19-2/h8-9H,3-7,13H2,1-2H3,(H,14,15)(H,17,18)/t8?,9-/m1/s1. The number of amides is 1. The zero-order valence-electron chi connectivity index (χ0n) is 11.3. The van der Waals surface area contributed by atoms with Crippen LogP contribution in [0.1, 0.15) is 32.6 Å². The minimum atomic E-state index is -1.16. The molecule has 0 aromatic carbocycles. The van der Waals surface area contributed by atoms with Gasteiger partial charge in [-0.1, -0.05) is 6.92 Å². The number of hydrogen-bond acceptors (Lipinski definition) is 5. The van der Waals surface area contributed by atoms with Crippen LogP contribution in [0.4, 0.5) is 0 Å². The van der Waals surface area contributed by atoms with E-state index in [9.17, 15) is 14.4 Å². The van der Waals surface area contributed by atoms with Gasteiger partial charge in [-0.05, 0) is 25.3 Å². The lowest BCUT2D eigenvalue weighted by Gasteiger charge is -2.14. The Bertz CT molecular complexity index is 319. The lowest BCUT2D eigenvalue weighted by atomic mass is 10.1. The highest BCUT2D eigenvalue weighted by Gasteiger charge is 2.21. The van der Waals surface area contributed by atoms with Crippen molar-refractivity contribution in [3.8, 4) is 0 Å². The number of aliphatic carboxylic acids is 1. The van der Waals surface area contributed by atoms with Crippen molar-refractivity contribution in [2.75, 3.05) is 13.7 Å². The van der Waals surface area contributed by atoms with E-state index in [1.807, 2.05) is 6.92 Å². The van der Waals surface area contributed by atoms with Gasteiger partial charge in [0.15, 0.2) is 0 Å². The van der Waals surface area contributed by atoms with E-state index in [0.29, 0.717) is 13.0 Å². The second kappa shape index (κ2) is 9.32. The second-order valence-corrected chi connectivity index (χ2v) is 4.45. The minimum absolute atomic E-state index is 0.0141. The molecule has 0 aromatic heterocycles. The van der Waals surface area contributed by atoms with Gasteiger partial charge in [0.1, 0.15) is 6.04 Å². The molecule has 19 heavy (non-hydrogen) atoms. The van der Waals surface area contributed by atoms with Crippen molar-refractivity contribution in [3.63, 3.8) is 0 Å². The van der Waals surface area contributed by atoms with E-state index in [4.69, 9.17) is 10.8 Å². The summed E-state index contributed by atoms with van der Waals surface area (Å²) in [6, 6.07) is -1.07. The smallest absolute Gasteiger partial charge is 0.326 e. The van der Waals surface area contributed by atoms with Crippen LogP contribution in [0.15, 0.2) is 0 Å². The Labute approximate surface area is 112 Å². The van der Waals surface area contributed by atoms with E-state index >= 15 is 0 Å². The van der Waals surface area contributed by atoms with Gasteiger partial charge in [0, 0.05) is 12.8 Å². The Morgan fingerprint density at radius 2 is 1.89 bits per heavy atom. The highest BCUT2D eigenvalue weighted by molar-refractivity contribution is 5.84. The lowest BCUT2D eigenvalue weighted by molar-refractivity contribution is -0.144. The van der Waals surface area contributed by atoms with Gasteiger partial charge in [-0.15, -0.1) is 0 Å². The number of methoxy groups -OCH3 is 1. The number of esters is 1. The predicted octanol–water partition coefficient (Wildman–Crippen LogP) is -0.116. The summed E-state index contributed by atoms with van der Waals surface area (Å²) in [5.74, 6) is -1.80. The van der Waals surface area contributed by atoms with Gasteiger partial charge in [0.25, 0.3) is 0 Å². The van der Waals surface area contributed by atoms with Crippen molar-refractivity contribution in [2.24, 2.45) is 11.7 Å². The van der Waals surface area contributed by atoms with Crippen LogP contribution < -0.4 is 11.1 Å². The summed E-state index contributed by atoms with van der Waals surface area (Å²) in [6.07, 6.45) is 0.791. The van der Waals surface area contributed by atoms with E-state index in [1.54, 1.807) is 0 Å². The molecule has 1 unspecified atom stereocenters. The zero-order chi connectivity index (χ0) is 14.8.